The Morgan fingerprint density at radius 3 is 3.00 bits per heavy atom. The van der Waals surface area contributed by atoms with E-state index in [1.165, 1.54) is 0 Å². The highest BCUT2D eigenvalue weighted by molar-refractivity contribution is 4.96. The van der Waals surface area contributed by atoms with Gasteiger partial charge in [-0.25, -0.2) is 0 Å². The fraction of sp³-hybridized carbons (Fsp3) is 0.429. The van der Waals surface area contributed by atoms with Crippen LogP contribution in [0.1, 0.15) is 24.3 Å². The van der Waals surface area contributed by atoms with E-state index in [4.69, 9.17) is 9.15 Å². The smallest absolute Gasteiger partial charge is 0.257 e. The van der Waals surface area contributed by atoms with Crippen molar-refractivity contribution in [1.82, 2.24) is 10.2 Å². The Morgan fingerprint density at radius 2 is 2.45 bits per heavy atom. The molecule has 4 heteroatoms. The summed E-state index contributed by atoms with van der Waals surface area (Å²) in [7, 11) is 0. The molecule has 0 N–H and O–H groups in total. The first-order chi connectivity index (χ1) is 5.36. The highest BCUT2D eigenvalue weighted by Gasteiger charge is 2.19. The molecule has 1 aromatic rings. The van der Waals surface area contributed by atoms with Crippen LogP contribution in [0.4, 0.5) is 0 Å². The Labute approximate surface area is 63.9 Å². The predicted octanol–water partition coefficient (Wildman–Crippen LogP) is 1.35. The van der Waals surface area contributed by atoms with Crippen LogP contribution in [-0.4, -0.2) is 10.2 Å². The number of hydrogen-bond donors (Lipinski definition) is 0. The van der Waals surface area contributed by atoms with Gasteiger partial charge in [-0.05, 0) is 6.08 Å². The van der Waals surface area contributed by atoms with E-state index in [0.717, 1.165) is 6.42 Å². The second kappa shape index (κ2) is 2.38. The van der Waals surface area contributed by atoms with Gasteiger partial charge in [-0.2, -0.15) is 0 Å². The van der Waals surface area contributed by atoms with Gasteiger partial charge in [-0.1, -0.05) is 0 Å². The lowest BCUT2D eigenvalue weighted by Gasteiger charge is -2.02. The van der Waals surface area contributed by atoms with Gasteiger partial charge in [0.15, 0.2) is 6.10 Å². The van der Waals surface area contributed by atoms with Crippen LogP contribution >= 0.6 is 0 Å². The minimum atomic E-state index is -0.0591. The van der Waals surface area contributed by atoms with E-state index in [1.807, 2.05) is 6.08 Å². The molecule has 1 unspecified atom stereocenters. The molecule has 0 fully saturated rings. The third-order valence-electron chi connectivity index (χ3n) is 1.51. The van der Waals surface area contributed by atoms with Crippen molar-refractivity contribution in [3.8, 4) is 0 Å². The van der Waals surface area contributed by atoms with Crippen molar-refractivity contribution >= 4 is 0 Å². The number of aromatic nitrogens is 2. The van der Waals surface area contributed by atoms with Crippen LogP contribution < -0.4 is 0 Å². The van der Waals surface area contributed by atoms with Crippen molar-refractivity contribution < 1.29 is 9.15 Å². The van der Waals surface area contributed by atoms with Gasteiger partial charge in [0, 0.05) is 13.3 Å². The lowest BCUT2D eigenvalue weighted by molar-refractivity contribution is 0.140. The van der Waals surface area contributed by atoms with Crippen LogP contribution in [0, 0.1) is 6.92 Å². The Bertz CT molecular complexity index is 272. The second-order valence-corrected chi connectivity index (χ2v) is 2.39. The maximum Gasteiger partial charge on any atom is 0.257 e. The van der Waals surface area contributed by atoms with Crippen molar-refractivity contribution in [3.05, 3.63) is 24.1 Å². The molecule has 1 atom stereocenters. The minimum absolute atomic E-state index is 0.0591. The first kappa shape index (κ1) is 6.39. The number of rotatable bonds is 1. The molecular formula is C7H8N2O2. The van der Waals surface area contributed by atoms with Crippen LogP contribution in [0.25, 0.3) is 0 Å². The van der Waals surface area contributed by atoms with Gasteiger partial charge in [0.2, 0.25) is 5.89 Å². The summed E-state index contributed by atoms with van der Waals surface area (Å²) in [5, 5.41) is 7.55. The lowest BCUT2D eigenvalue weighted by atomic mass is 10.3. The fourth-order valence-electron chi connectivity index (χ4n) is 0.986. The van der Waals surface area contributed by atoms with Crippen LogP contribution in [-0.2, 0) is 4.74 Å². The molecule has 11 heavy (non-hydrogen) atoms. The van der Waals surface area contributed by atoms with Crippen molar-refractivity contribution in [2.24, 2.45) is 0 Å². The summed E-state index contributed by atoms with van der Waals surface area (Å²) in [6.45, 7) is 1.76. The van der Waals surface area contributed by atoms with Crippen LogP contribution in [0.15, 0.2) is 16.8 Å². The Balaban J connectivity index is 2.17. The van der Waals surface area contributed by atoms with Gasteiger partial charge in [0.05, 0.1) is 6.26 Å². The first-order valence-corrected chi connectivity index (χ1v) is 3.47. The second-order valence-electron chi connectivity index (χ2n) is 2.39. The van der Waals surface area contributed by atoms with E-state index >= 15 is 0 Å². The molecule has 0 spiro atoms. The molecule has 58 valence electrons. The molecule has 0 amide bonds. The van der Waals surface area contributed by atoms with E-state index in [9.17, 15) is 0 Å². The summed E-state index contributed by atoms with van der Waals surface area (Å²) in [5.41, 5.74) is 0. The number of ether oxygens (including phenoxy) is 1. The van der Waals surface area contributed by atoms with Gasteiger partial charge in [0.25, 0.3) is 5.89 Å². The topological polar surface area (TPSA) is 48.2 Å². The summed E-state index contributed by atoms with van der Waals surface area (Å²) in [6, 6.07) is 0. The van der Waals surface area contributed by atoms with Crippen LogP contribution in [0.2, 0.25) is 0 Å². The third kappa shape index (κ3) is 1.11. The molecule has 4 nitrogen and oxygen atoms in total. The van der Waals surface area contributed by atoms with Gasteiger partial charge in [0.1, 0.15) is 0 Å². The molecule has 1 aliphatic heterocycles. The zero-order valence-electron chi connectivity index (χ0n) is 6.15. The van der Waals surface area contributed by atoms with Crippen LogP contribution in [0.5, 0.6) is 0 Å². The average molecular weight is 152 g/mol. The number of hydrogen-bond acceptors (Lipinski definition) is 4. The molecule has 0 radical (unpaired) electrons. The van der Waals surface area contributed by atoms with Gasteiger partial charge < -0.3 is 9.15 Å². The SMILES string of the molecule is Cc1nnc(C2CC=CO2)o1. The maximum atomic E-state index is 5.18. The molecule has 1 aliphatic rings. The molecule has 2 rings (SSSR count). The molecule has 0 aliphatic carbocycles. The molecule has 0 aromatic carbocycles. The van der Waals surface area contributed by atoms with Crippen molar-refractivity contribution in [1.29, 1.82) is 0 Å². The summed E-state index contributed by atoms with van der Waals surface area (Å²) < 4.78 is 10.4. The van der Waals surface area contributed by atoms with Crippen molar-refractivity contribution in [2.75, 3.05) is 0 Å². The van der Waals surface area contributed by atoms with E-state index in [-0.39, 0.29) is 6.10 Å². The largest absolute Gasteiger partial charge is 0.488 e. The summed E-state index contributed by atoms with van der Waals surface area (Å²) in [5.74, 6) is 1.14. The van der Waals surface area contributed by atoms with Crippen molar-refractivity contribution in [3.63, 3.8) is 0 Å². The van der Waals surface area contributed by atoms with Gasteiger partial charge in [-0.15, -0.1) is 10.2 Å². The molecule has 0 bridgehead atoms. The summed E-state index contributed by atoms with van der Waals surface area (Å²) in [6.07, 6.45) is 4.35. The number of nitrogens with zero attached hydrogens (tertiary/aromatic N) is 2. The summed E-state index contributed by atoms with van der Waals surface area (Å²) >= 11 is 0. The normalized spacial score (nSPS) is 22.1. The highest BCUT2D eigenvalue weighted by Crippen LogP contribution is 2.24. The maximum absolute atomic E-state index is 5.18. The van der Waals surface area contributed by atoms with E-state index in [2.05, 4.69) is 10.2 Å². The fourth-order valence-corrected chi connectivity index (χ4v) is 0.986. The van der Waals surface area contributed by atoms with E-state index in [0.29, 0.717) is 11.8 Å². The molecule has 2 heterocycles. The van der Waals surface area contributed by atoms with E-state index in [1.54, 1.807) is 13.2 Å². The van der Waals surface area contributed by atoms with Gasteiger partial charge in [-0.3, -0.25) is 0 Å². The van der Waals surface area contributed by atoms with E-state index < -0.39 is 0 Å². The summed E-state index contributed by atoms with van der Waals surface area (Å²) in [4.78, 5) is 0. The Kier molecular flexibility index (Phi) is 1.38. The average Bonchev–Trinajstić information content (AvgIpc) is 2.55. The quantitative estimate of drug-likeness (QED) is 0.609. The minimum Gasteiger partial charge on any atom is -0.488 e. The van der Waals surface area contributed by atoms with Crippen LogP contribution in [0.3, 0.4) is 0 Å². The monoisotopic (exact) mass is 152 g/mol. The zero-order chi connectivity index (χ0) is 7.68. The molecular weight excluding hydrogens is 144 g/mol. The third-order valence-corrected chi connectivity index (χ3v) is 1.51. The highest BCUT2D eigenvalue weighted by atomic mass is 16.5. The van der Waals surface area contributed by atoms with Gasteiger partial charge >= 0.3 is 0 Å². The first-order valence-electron chi connectivity index (χ1n) is 3.47. The van der Waals surface area contributed by atoms with Crippen molar-refractivity contribution in [2.45, 2.75) is 19.4 Å². The molecule has 0 saturated carbocycles. The standard InChI is InChI=1S/C7H8N2O2/c1-5-8-9-7(11-5)6-3-2-4-10-6/h2,4,6H,3H2,1H3. The lowest BCUT2D eigenvalue weighted by Crippen LogP contribution is -1.94. The Hall–Kier alpha value is -1.32. The molecule has 1 aromatic heterocycles. The predicted molar refractivity (Wildman–Crippen MR) is 36.6 cm³/mol. The Morgan fingerprint density at radius 1 is 1.55 bits per heavy atom. The zero-order valence-corrected chi connectivity index (χ0v) is 6.15. The molecule has 0 saturated heterocycles. The number of aryl methyl sites for hydroxylation is 1.